The molecule has 1 fully saturated rings. The maximum atomic E-state index is 8.97. The van der Waals surface area contributed by atoms with E-state index < -0.39 is 30.5 Å². The SMILES string of the molecule is OC1C[C@H](O)C(O)C(O)[C@@H]1O. The standard InChI is InChI=1S/C6H12O5/c7-2-1-3(8)5(10)6(11)4(2)9/h2-11H,1H2/t2-,3?,4?,5+,6?/m0/s1. The van der Waals surface area contributed by atoms with Crippen LogP contribution in [0.5, 0.6) is 0 Å². The molecule has 0 aromatic carbocycles. The van der Waals surface area contributed by atoms with Crippen LogP contribution in [-0.4, -0.2) is 56.1 Å². The number of hydrogen-bond acceptors (Lipinski definition) is 5. The molecule has 5 atom stereocenters. The third kappa shape index (κ3) is 1.52. The molecule has 11 heavy (non-hydrogen) atoms. The highest BCUT2D eigenvalue weighted by Crippen LogP contribution is 2.20. The van der Waals surface area contributed by atoms with Gasteiger partial charge in [0.25, 0.3) is 0 Å². The van der Waals surface area contributed by atoms with E-state index in [0.717, 1.165) is 0 Å². The van der Waals surface area contributed by atoms with Crippen LogP contribution in [0, 0.1) is 0 Å². The van der Waals surface area contributed by atoms with E-state index >= 15 is 0 Å². The number of hydrogen-bond donors (Lipinski definition) is 5. The quantitative estimate of drug-likeness (QED) is 0.266. The fourth-order valence-electron chi connectivity index (χ4n) is 1.18. The first-order valence-electron chi connectivity index (χ1n) is 3.44. The molecule has 5 nitrogen and oxygen atoms in total. The molecule has 0 amide bonds. The van der Waals surface area contributed by atoms with E-state index in [-0.39, 0.29) is 6.42 Å². The van der Waals surface area contributed by atoms with Gasteiger partial charge in [-0.2, -0.15) is 0 Å². The molecule has 3 unspecified atom stereocenters. The minimum Gasteiger partial charge on any atom is -0.390 e. The summed E-state index contributed by atoms with van der Waals surface area (Å²) in [7, 11) is 0. The van der Waals surface area contributed by atoms with E-state index in [1.807, 2.05) is 0 Å². The average molecular weight is 164 g/mol. The molecule has 1 rings (SSSR count). The molecule has 66 valence electrons. The molecule has 0 aliphatic heterocycles. The molecule has 0 aromatic rings. The predicted octanol–water partition coefficient (Wildman–Crippen LogP) is -2.81. The molecular weight excluding hydrogens is 152 g/mol. The monoisotopic (exact) mass is 164 g/mol. The van der Waals surface area contributed by atoms with Crippen LogP contribution < -0.4 is 0 Å². The third-order valence-corrected chi connectivity index (χ3v) is 1.97. The molecule has 0 spiro atoms. The smallest absolute Gasteiger partial charge is 0.111 e. The van der Waals surface area contributed by atoms with Crippen LogP contribution in [0.2, 0.25) is 0 Å². The molecule has 0 aromatic heterocycles. The zero-order valence-electron chi connectivity index (χ0n) is 5.83. The van der Waals surface area contributed by atoms with Gasteiger partial charge in [0.2, 0.25) is 0 Å². The Hall–Kier alpha value is -0.200. The summed E-state index contributed by atoms with van der Waals surface area (Å²) in [5, 5.41) is 44.8. The van der Waals surface area contributed by atoms with Crippen molar-refractivity contribution in [1.82, 2.24) is 0 Å². The fourth-order valence-corrected chi connectivity index (χ4v) is 1.18. The van der Waals surface area contributed by atoms with Crippen molar-refractivity contribution in [3.8, 4) is 0 Å². The van der Waals surface area contributed by atoms with Gasteiger partial charge in [-0.15, -0.1) is 0 Å². The fraction of sp³-hybridized carbons (Fsp3) is 1.00. The van der Waals surface area contributed by atoms with Crippen LogP contribution in [0.15, 0.2) is 0 Å². The van der Waals surface area contributed by atoms with E-state index in [2.05, 4.69) is 0 Å². The second kappa shape index (κ2) is 3.04. The zero-order chi connectivity index (χ0) is 8.59. The molecule has 5 heteroatoms. The summed E-state index contributed by atoms with van der Waals surface area (Å²) in [6, 6.07) is 0. The Bertz CT molecular complexity index is 125. The lowest BCUT2D eigenvalue weighted by Gasteiger charge is -2.35. The Morgan fingerprint density at radius 2 is 1.00 bits per heavy atom. The largest absolute Gasteiger partial charge is 0.390 e. The van der Waals surface area contributed by atoms with E-state index in [1.165, 1.54) is 0 Å². The van der Waals surface area contributed by atoms with Crippen LogP contribution in [0.4, 0.5) is 0 Å². The number of aliphatic hydroxyl groups excluding tert-OH is 5. The Balaban J connectivity index is 2.63. The van der Waals surface area contributed by atoms with Crippen molar-refractivity contribution in [2.45, 2.75) is 36.9 Å². The molecule has 0 radical (unpaired) electrons. The van der Waals surface area contributed by atoms with Gasteiger partial charge in [-0.05, 0) is 0 Å². The summed E-state index contributed by atoms with van der Waals surface area (Å²) < 4.78 is 0. The Morgan fingerprint density at radius 1 is 0.636 bits per heavy atom. The van der Waals surface area contributed by atoms with Crippen LogP contribution >= 0.6 is 0 Å². The van der Waals surface area contributed by atoms with Crippen molar-refractivity contribution in [1.29, 1.82) is 0 Å². The van der Waals surface area contributed by atoms with Gasteiger partial charge in [-0.3, -0.25) is 0 Å². The summed E-state index contributed by atoms with van der Waals surface area (Å²) >= 11 is 0. The van der Waals surface area contributed by atoms with Crippen molar-refractivity contribution >= 4 is 0 Å². The Labute approximate surface area is 63.5 Å². The molecule has 1 aliphatic rings. The lowest BCUT2D eigenvalue weighted by atomic mass is 9.87. The summed E-state index contributed by atoms with van der Waals surface area (Å²) in [5.74, 6) is 0. The zero-order valence-corrected chi connectivity index (χ0v) is 5.83. The highest BCUT2D eigenvalue weighted by atomic mass is 16.4. The lowest BCUT2D eigenvalue weighted by molar-refractivity contribution is -0.176. The highest BCUT2D eigenvalue weighted by molar-refractivity contribution is 4.92. The molecule has 1 aliphatic carbocycles. The lowest BCUT2D eigenvalue weighted by Crippen LogP contribution is -2.55. The summed E-state index contributed by atoms with van der Waals surface area (Å²) in [6.45, 7) is 0. The minimum atomic E-state index is -1.46. The molecule has 0 bridgehead atoms. The summed E-state index contributed by atoms with van der Waals surface area (Å²) in [5.41, 5.74) is 0. The second-order valence-electron chi connectivity index (χ2n) is 2.84. The molecule has 0 saturated heterocycles. The second-order valence-corrected chi connectivity index (χ2v) is 2.84. The van der Waals surface area contributed by atoms with Crippen molar-refractivity contribution < 1.29 is 25.5 Å². The van der Waals surface area contributed by atoms with Gasteiger partial charge in [-0.1, -0.05) is 0 Å². The average Bonchev–Trinajstić information content (AvgIpc) is 1.97. The highest BCUT2D eigenvalue weighted by Gasteiger charge is 2.40. The minimum absolute atomic E-state index is 0.112. The van der Waals surface area contributed by atoms with Crippen LogP contribution in [-0.2, 0) is 0 Å². The van der Waals surface area contributed by atoms with Gasteiger partial charge < -0.3 is 25.5 Å². The first-order chi connectivity index (χ1) is 5.04. The topological polar surface area (TPSA) is 101 Å². The van der Waals surface area contributed by atoms with Crippen molar-refractivity contribution in [3.63, 3.8) is 0 Å². The van der Waals surface area contributed by atoms with Gasteiger partial charge in [-0.25, -0.2) is 0 Å². The Morgan fingerprint density at radius 3 is 1.36 bits per heavy atom. The molecular formula is C6H12O5. The van der Waals surface area contributed by atoms with E-state index in [0.29, 0.717) is 0 Å². The van der Waals surface area contributed by atoms with Gasteiger partial charge in [0.15, 0.2) is 0 Å². The van der Waals surface area contributed by atoms with Crippen LogP contribution in [0.3, 0.4) is 0 Å². The third-order valence-electron chi connectivity index (χ3n) is 1.97. The predicted molar refractivity (Wildman–Crippen MR) is 34.7 cm³/mol. The molecule has 5 N–H and O–H groups in total. The van der Waals surface area contributed by atoms with Gasteiger partial charge in [0.05, 0.1) is 12.2 Å². The molecule has 1 saturated carbocycles. The number of rotatable bonds is 0. The van der Waals surface area contributed by atoms with Crippen LogP contribution in [0.25, 0.3) is 0 Å². The molecule has 0 heterocycles. The normalized spacial score (nSPS) is 52.6. The maximum Gasteiger partial charge on any atom is 0.111 e. The van der Waals surface area contributed by atoms with Crippen LogP contribution in [0.1, 0.15) is 6.42 Å². The first-order valence-corrected chi connectivity index (χ1v) is 3.44. The van der Waals surface area contributed by atoms with E-state index in [1.54, 1.807) is 0 Å². The van der Waals surface area contributed by atoms with E-state index in [4.69, 9.17) is 25.5 Å². The maximum absolute atomic E-state index is 8.97. The van der Waals surface area contributed by atoms with Gasteiger partial charge in [0.1, 0.15) is 18.3 Å². The van der Waals surface area contributed by atoms with Crippen molar-refractivity contribution in [3.05, 3.63) is 0 Å². The van der Waals surface area contributed by atoms with Gasteiger partial charge in [0, 0.05) is 6.42 Å². The Kier molecular flexibility index (Phi) is 2.46. The summed E-state index contributed by atoms with van der Waals surface area (Å²) in [6.07, 6.45) is -6.64. The summed E-state index contributed by atoms with van der Waals surface area (Å²) in [4.78, 5) is 0. The van der Waals surface area contributed by atoms with Crippen molar-refractivity contribution in [2.24, 2.45) is 0 Å². The van der Waals surface area contributed by atoms with E-state index in [9.17, 15) is 0 Å². The number of aliphatic hydroxyl groups is 5. The first kappa shape index (κ1) is 8.89. The van der Waals surface area contributed by atoms with Crippen molar-refractivity contribution in [2.75, 3.05) is 0 Å². The van der Waals surface area contributed by atoms with Gasteiger partial charge >= 0.3 is 0 Å².